The van der Waals surface area contributed by atoms with Gasteiger partial charge in [0, 0.05) is 25.2 Å². The highest BCUT2D eigenvalue weighted by Crippen LogP contribution is 2.37. The SMILES string of the molecule is CCCC(CC)N1CC2CCCC(N)C2C1. The van der Waals surface area contributed by atoms with Crippen molar-refractivity contribution >= 4 is 0 Å². The van der Waals surface area contributed by atoms with Crippen LogP contribution in [0.5, 0.6) is 0 Å². The van der Waals surface area contributed by atoms with Gasteiger partial charge in [0.2, 0.25) is 0 Å². The number of hydrogen-bond donors (Lipinski definition) is 1. The molecule has 16 heavy (non-hydrogen) atoms. The predicted octanol–water partition coefficient (Wildman–Crippen LogP) is 2.62. The molecule has 0 bridgehead atoms. The summed E-state index contributed by atoms with van der Waals surface area (Å²) in [5.74, 6) is 1.72. The Balaban J connectivity index is 1.94. The average molecular weight is 224 g/mol. The molecule has 0 aromatic heterocycles. The minimum absolute atomic E-state index is 0.489. The second kappa shape index (κ2) is 5.50. The standard InChI is InChI=1S/C14H28N2/c1-3-6-12(4-2)16-9-11-7-5-8-14(15)13(11)10-16/h11-14H,3-10,15H2,1-2H3. The summed E-state index contributed by atoms with van der Waals surface area (Å²) in [6.45, 7) is 7.25. The molecule has 0 amide bonds. The molecule has 2 nitrogen and oxygen atoms in total. The zero-order valence-electron chi connectivity index (χ0n) is 11.0. The summed E-state index contributed by atoms with van der Waals surface area (Å²) >= 11 is 0. The largest absolute Gasteiger partial charge is 0.327 e. The first-order valence-electron chi connectivity index (χ1n) is 7.25. The molecular formula is C14H28N2. The molecule has 0 aromatic carbocycles. The Morgan fingerprint density at radius 1 is 1.25 bits per heavy atom. The fraction of sp³-hybridized carbons (Fsp3) is 1.00. The van der Waals surface area contributed by atoms with Crippen LogP contribution in [0.4, 0.5) is 0 Å². The van der Waals surface area contributed by atoms with Crippen LogP contribution < -0.4 is 5.73 Å². The summed E-state index contributed by atoms with van der Waals surface area (Å²) in [5, 5.41) is 0. The van der Waals surface area contributed by atoms with Crippen molar-refractivity contribution in [1.82, 2.24) is 4.90 Å². The Morgan fingerprint density at radius 2 is 2.06 bits per heavy atom. The van der Waals surface area contributed by atoms with Gasteiger partial charge in [-0.1, -0.05) is 26.7 Å². The summed E-state index contributed by atoms with van der Waals surface area (Å²) in [7, 11) is 0. The van der Waals surface area contributed by atoms with Crippen LogP contribution in [0.1, 0.15) is 52.4 Å². The van der Waals surface area contributed by atoms with Crippen LogP contribution in [0.3, 0.4) is 0 Å². The quantitative estimate of drug-likeness (QED) is 0.795. The molecule has 0 spiro atoms. The van der Waals surface area contributed by atoms with E-state index in [0.29, 0.717) is 6.04 Å². The van der Waals surface area contributed by atoms with Gasteiger partial charge in [0.25, 0.3) is 0 Å². The minimum atomic E-state index is 0.489. The van der Waals surface area contributed by atoms with Crippen LogP contribution in [0, 0.1) is 11.8 Å². The molecule has 1 saturated heterocycles. The fourth-order valence-electron chi connectivity index (χ4n) is 3.83. The molecule has 0 aromatic rings. The van der Waals surface area contributed by atoms with Gasteiger partial charge in [-0.25, -0.2) is 0 Å². The van der Waals surface area contributed by atoms with E-state index < -0.39 is 0 Å². The lowest BCUT2D eigenvalue weighted by molar-refractivity contribution is 0.210. The van der Waals surface area contributed by atoms with E-state index in [1.54, 1.807) is 0 Å². The Kier molecular flexibility index (Phi) is 4.26. The van der Waals surface area contributed by atoms with E-state index in [1.807, 2.05) is 0 Å². The fourth-order valence-corrected chi connectivity index (χ4v) is 3.83. The van der Waals surface area contributed by atoms with Gasteiger partial charge in [0.05, 0.1) is 0 Å². The van der Waals surface area contributed by atoms with Gasteiger partial charge < -0.3 is 5.73 Å². The van der Waals surface area contributed by atoms with Gasteiger partial charge in [-0.15, -0.1) is 0 Å². The molecule has 2 fully saturated rings. The normalized spacial score (nSPS) is 37.3. The maximum atomic E-state index is 6.27. The first kappa shape index (κ1) is 12.4. The van der Waals surface area contributed by atoms with Crippen molar-refractivity contribution in [2.75, 3.05) is 13.1 Å². The molecule has 2 aliphatic rings. The van der Waals surface area contributed by atoms with Gasteiger partial charge >= 0.3 is 0 Å². The number of rotatable bonds is 4. The lowest BCUT2D eigenvalue weighted by Gasteiger charge is -2.30. The van der Waals surface area contributed by atoms with Gasteiger partial charge in [0.15, 0.2) is 0 Å². The van der Waals surface area contributed by atoms with Crippen LogP contribution >= 0.6 is 0 Å². The van der Waals surface area contributed by atoms with Crippen molar-refractivity contribution in [2.24, 2.45) is 17.6 Å². The maximum absolute atomic E-state index is 6.27. The first-order valence-corrected chi connectivity index (χ1v) is 7.25. The third kappa shape index (κ3) is 2.43. The Bertz CT molecular complexity index is 217. The molecular weight excluding hydrogens is 196 g/mol. The van der Waals surface area contributed by atoms with Crippen molar-refractivity contribution in [3.63, 3.8) is 0 Å². The molecule has 1 aliphatic carbocycles. The van der Waals surface area contributed by atoms with Crippen molar-refractivity contribution in [3.05, 3.63) is 0 Å². The van der Waals surface area contributed by atoms with Crippen molar-refractivity contribution in [3.8, 4) is 0 Å². The zero-order valence-corrected chi connectivity index (χ0v) is 11.0. The Morgan fingerprint density at radius 3 is 2.69 bits per heavy atom. The summed E-state index contributed by atoms with van der Waals surface area (Å²) < 4.78 is 0. The van der Waals surface area contributed by atoms with E-state index in [1.165, 1.54) is 51.6 Å². The van der Waals surface area contributed by atoms with Crippen molar-refractivity contribution < 1.29 is 0 Å². The summed E-state index contributed by atoms with van der Waals surface area (Å²) in [6, 6.07) is 1.31. The second-order valence-corrected chi connectivity index (χ2v) is 5.82. The van der Waals surface area contributed by atoms with E-state index in [4.69, 9.17) is 5.73 Å². The van der Waals surface area contributed by atoms with Gasteiger partial charge in [-0.3, -0.25) is 4.90 Å². The Labute approximate surface area is 101 Å². The smallest absolute Gasteiger partial charge is 0.00927 e. The third-order valence-corrected chi connectivity index (χ3v) is 4.79. The van der Waals surface area contributed by atoms with Crippen LogP contribution in [-0.4, -0.2) is 30.1 Å². The Hall–Kier alpha value is -0.0800. The molecule has 2 rings (SSSR count). The van der Waals surface area contributed by atoms with Crippen molar-refractivity contribution in [2.45, 2.75) is 64.5 Å². The lowest BCUT2D eigenvalue weighted by Crippen LogP contribution is -2.39. The highest BCUT2D eigenvalue weighted by Gasteiger charge is 2.40. The molecule has 4 unspecified atom stereocenters. The monoisotopic (exact) mass is 224 g/mol. The molecule has 0 radical (unpaired) electrons. The molecule has 1 aliphatic heterocycles. The van der Waals surface area contributed by atoms with Gasteiger partial charge in [-0.2, -0.15) is 0 Å². The van der Waals surface area contributed by atoms with Gasteiger partial charge in [0.1, 0.15) is 0 Å². The van der Waals surface area contributed by atoms with Crippen LogP contribution in [0.2, 0.25) is 0 Å². The van der Waals surface area contributed by atoms with E-state index in [2.05, 4.69) is 18.7 Å². The van der Waals surface area contributed by atoms with Gasteiger partial charge in [-0.05, 0) is 37.5 Å². The molecule has 1 heterocycles. The molecule has 94 valence electrons. The third-order valence-electron chi connectivity index (χ3n) is 4.79. The lowest BCUT2D eigenvalue weighted by atomic mass is 9.78. The van der Waals surface area contributed by atoms with Crippen molar-refractivity contribution in [1.29, 1.82) is 0 Å². The molecule has 1 saturated carbocycles. The van der Waals surface area contributed by atoms with E-state index in [-0.39, 0.29) is 0 Å². The second-order valence-electron chi connectivity index (χ2n) is 5.82. The summed E-state index contributed by atoms with van der Waals surface area (Å²) in [6.07, 6.45) is 8.04. The highest BCUT2D eigenvalue weighted by molar-refractivity contribution is 4.94. The first-order chi connectivity index (χ1) is 7.76. The van der Waals surface area contributed by atoms with E-state index >= 15 is 0 Å². The molecule has 2 heteroatoms. The number of nitrogens with two attached hydrogens (primary N) is 1. The van der Waals surface area contributed by atoms with E-state index in [9.17, 15) is 0 Å². The summed E-state index contributed by atoms with van der Waals surface area (Å²) in [5.41, 5.74) is 6.27. The maximum Gasteiger partial charge on any atom is 0.00927 e. The summed E-state index contributed by atoms with van der Waals surface area (Å²) in [4.78, 5) is 2.74. The number of hydrogen-bond acceptors (Lipinski definition) is 2. The highest BCUT2D eigenvalue weighted by atomic mass is 15.2. The molecule has 4 atom stereocenters. The minimum Gasteiger partial charge on any atom is -0.327 e. The van der Waals surface area contributed by atoms with Crippen LogP contribution in [0.15, 0.2) is 0 Å². The average Bonchev–Trinajstić information content (AvgIpc) is 2.71. The topological polar surface area (TPSA) is 29.3 Å². The van der Waals surface area contributed by atoms with Crippen LogP contribution in [-0.2, 0) is 0 Å². The van der Waals surface area contributed by atoms with E-state index in [0.717, 1.165) is 17.9 Å². The predicted molar refractivity (Wildman–Crippen MR) is 69.4 cm³/mol. The number of fused-ring (bicyclic) bond motifs is 1. The number of likely N-dealkylation sites (tertiary alicyclic amines) is 1. The molecule has 2 N–H and O–H groups in total. The zero-order chi connectivity index (χ0) is 11.5. The number of nitrogens with zero attached hydrogens (tertiary/aromatic N) is 1. The van der Waals surface area contributed by atoms with Crippen LogP contribution in [0.25, 0.3) is 0 Å².